The molecule has 1 unspecified atom stereocenters. The number of likely N-dealkylation sites (N-methyl/N-ethyl adjacent to an activating group) is 1. The van der Waals surface area contributed by atoms with Crippen LogP contribution < -0.4 is 4.74 Å². The minimum Gasteiger partial charge on any atom is -0.473 e. The van der Waals surface area contributed by atoms with E-state index in [0.717, 1.165) is 17.1 Å². The van der Waals surface area contributed by atoms with Gasteiger partial charge in [0.25, 0.3) is 0 Å². The lowest BCUT2D eigenvalue weighted by molar-refractivity contribution is 0.0266. The van der Waals surface area contributed by atoms with Crippen molar-refractivity contribution in [2.45, 2.75) is 24.5 Å². The summed E-state index contributed by atoms with van der Waals surface area (Å²) < 4.78 is 11.1. The molecular weight excluding hydrogens is 248 g/mol. The van der Waals surface area contributed by atoms with E-state index in [2.05, 4.69) is 11.9 Å². The van der Waals surface area contributed by atoms with Crippen molar-refractivity contribution >= 4 is 11.8 Å². The van der Waals surface area contributed by atoms with Crippen LogP contribution in [0.3, 0.4) is 0 Å². The summed E-state index contributed by atoms with van der Waals surface area (Å²) in [7, 11) is 1.96. The van der Waals surface area contributed by atoms with Crippen LogP contribution in [0.5, 0.6) is 5.88 Å². The molecule has 98 valence electrons. The fraction of sp³-hybridized carbons (Fsp3) is 0.462. The highest BCUT2D eigenvalue weighted by molar-refractivity contribution is 7.99. The highest BCUT2D eigenvalue weighted by Gasteiger charge is 2.18. The fourth-order valence-corrected chi connectivity index (χ4v) is 2.36. The molecule has 1 aromatic heterocycles. The number of nitrogens with zero attached hydrogens (tertiary/aromatic N) is 2. The predicted molar refractivity (Wildman–Crippen MR) is 72.5 cm³/mol. The molecular formula is C13H18N2O2S. The first kappa shape index (κ1) is 13.1. The van der Waals surface area contributed by atoms with E-state index >= 15 is 0 Å². The molecule has 0 N–H and O–H groups in total. The van der Waals surface area contributed by atoms with E-state index in [1.807, 2.05) is 30.3 Å². The quantitative estimate of drug-likeness (QED) is 0.740. The van der Waals surface area contributed by atoms with Crippen LogP contribution >= 0.6 is 11.8 Å². The van der Waals surface area contributed by atoms with Gasteiger partial charge in [0, 0.05) is 19.4 Å². The second-order valence-corrected chi connectivity index (χ2v) is 5.14. The molecule has 0 bridgehead atoms. The minimum absolute atomic E-state index is 0.0592. The molecule has 0 amide bonds. The SMILES string of the molecule is CCCSc1cccnc1OCC1OC=CN1C. The average molecular weight is 266 g/mol. The Kier molecular flexibility index (Phi) is 4.75. The van der Waals surface area contributed by atoms with E-state index in [4.69, 9.17) is 9.47 Å². The standard InChI is InChI=1S/C13H18N2O2S/c1-3-9-18-11-5-4-6-14-13(11)17-10-12-15(2)7-8-16-12/h4-8,12H,3,9-10H2,1-2H3. The van der Waals surface area contributed by atoms with Crippen molar-refractivity contribution < 1.29 is 9.47 Å². The van der Waals surface area contributed by atoms with Crippen molar-refractivity contribution in [2.24, 2.45) is 0 Å². The maximum atomic E-state index is 5.75. The van der Waals surface area contributed by atoms with E-state index in [-0.39, 0.29) is 6.23 Å². The Balaban J connectivity index is 1.92. The van der Waals surface area contributed by atoms with Gasteiger partial charge in [0.2, 0.25) is 12.1 Å². The number of hydrogen-bond donors (Lipinski definition) is 0. The van der Waals surface area contributed by atoms with Crippen molar-refractivity contribution in [1.82, 2.24) is 9.88 Å². The molecule has 18 heavy (non-hydrogen) atoms. The average Bonchev–Trinajstić information content (AvgIpc) is 2.80. The number of aromatic nitrogens is 1. The second kappa shape index (κ2) is 6.54. The van der Waals surface area contributed by atoms with Crippen LogP contribution in [0, 0.1) is 0 Å². The third kappa shape index (κ3) is 3.32. The van der Waals surface area contributed by atoms with Crippen molar-refractivity contribution in [3.05, 3.63) is 30.8 Å². The molecule has 0 saturated carbocycles. The van der Waals surface area contributed by atoms with Crippen LogP contribution in [0.2, 0.25) is 0 Å². The molecule has 0 saturated heterocycles. The maximum Gasteiger partial charge on any atom is 0.227 e. The minimum atomic E-state index is -0.0592. The predicted octanol–water partition coefficient (Wildman–Crippen LogP) is 2.72. The third-order valence-corrected chi connectivity index (χ3v) is 3.78. The monoisotopic (exact) mass is 266 g/mol. The molecule has 2 rings (SSSR count). The van der Waals surface area contributed by atoms with Gasteiger partial charge >= 0.3 is 0 Å². The zero-order chi connectivity index (χ0) is 12.8. The van der Waals surface area contributed by atoms with E-state index < -0.39 is 0 Å². The van der Waals surface area contributed by atoms with E-state index in [1.54, 1.807) is 24.2 Å². The molecule has 5 heteroatoms. The maximum absolute atomic E-state index is 5.75. The summed E-state index contributed by atoms with van der Waals surface area (Å²) in [5.74, 6) is 1.77. The van der Waals surface area contributed by atoms with Crippen LogP contribution in [0.15, 0.2) is 35.7 Å². The van der Waals surface area contributed by atoms with Crippen molar-refractivity contribution in [3.63, 3.8) is 0 Å². The number of ether oxygens (including phenoxy) is 2. The summed E-state index contributed by atoms with van der Waals surface area (Å²) in [5.41, 5.74) is 0. The Labute approximate surface area is 112 Å². The van der Waals surface area contributed by atoms with Crippen LogP contribution in [0.25, 0.3) is 0 Å². The smallest absolute Gasteiger partial charge is 0.227 e. The fourth-order valence-electron chi connectivity index (χ4n) is 1.53. The number of hydrogen-bond acceptors (Lipinski definition) is 5. The van der Waals surface area contributed by atoms with Gasteiger partial charge in [0.15, 0.2) is 0 Å². The Bertz CT molecular complexity index is 412. The van der Waals surface area contributed by atoms with Gasteiger partial charge < -0.3 is 14.4 Å². The van der Waals surface area contributed by atoms with E-state index in [1.165, 1.54) is 0 Å². The first-order valence-corrected chi connectivity index (χ1v) is 7.04. The van der Waals surface area contributed by atoms with Gasteiger partial charge in [-0.1, -0.05) is 6.92 Å². The van der Waals surface area contributed by atoms with Crippen LogP contribution in [-0.4, -0.2) is 35.5 Å². The van der Waals surface area contributed by atoms with Gasteiger partial charge in [0.1, 0.15) is 12.9 Å². The first-order chi connectivity index (χ1) is 8.81. The van der Waals surface area contributed by atoms with Gasteiger partial charge in [-0.25, -0.2) is 4.98 Å². The topological polar surface area (TPSA) is 34.6 Å². The largest absolute Gasteiger partial charge is 0.473 e. The summed E-state index contributed by atoms with van der Waals surface area (Å²) in [5, 5.41) is 0. The Hall–Kier alpha value is -1.36. The second-order valence-electron chi connectivity index (χ2n) is 4.01. The van der Waals surface area contributed by atoms with Gasteiger partial charge in [-0.05, 0) is 24.3 Å². The Morgan fingerprint density at radius 1 is 1.56 bits per heavy atom. The Morgan fingerprint density at radius 3 is 3.17 bits per heavy atom. The lowest BCUT2D eigenvalue weighted by Crippen LogP contribution is -2.30. The summed E-state index contributed by atoms with van der Waals surface area (Å²) in [6, 6.07) is 3.98. The molecule has 1 atom stereocenters. The van der Waals surface area contributed by atoms with Crippen molar-refractivity contribution in [1.29, 1.82) is 0 Å². The summed E-state index contributed by atoms with van der Waals surface area (Å²) in [4.78, 5) is 7.34. The molecule has 2 heterocycles. The first-order valence-electron chi connectivity index (χ1n) is 6.06. The lowest BCUT2D eigenvalue weighted by Gasteiger charge is -2.20. The van der Waals surface area contributed by atoms with Crippen LogP contribution in [0.4, 0.5) is 0 Å². The van der Waals surface area contributed by atoms with Crippen LogP contribution in [-0.2, 0) is 4.74 Å². The zero-order valence-electron chi connectivity index (χ0n) is 10.7. The highest BCUT2D eigenvalue weighted by Crippen LogP contribution is 2.27. The van der Waals surface area contributed by atoms with E-state index in [0.29, 0.717) is 12.5 Å². The summed E-state index contributed by atoms with van der Waals surface area (Å²) in [6.07, 6.45) is 6.40. The Morgan fingerprint density at radius 2 is 2.44 bits per heavy atom. The number of pyridine rings is 1. The van der Waals surface area contributed by atoms with Crippen molar-refractivity contribution in [2.75, 3.05) is 19.4 Å². The van der Waals surface area contributed by atoms with Gasteiger partial charge in [-0.15, -0.1) is 11.8 Å². The van der Waals surface area contributed by atoms with Gasteiger partial charge in [0.05, 0.1) is 4.90 Å². The molecule has 0 aromatic carbocycles. The molecule has 0 spiro atoms. The third-order valence-electron chi connectivity index (χ3n) is 2.55. The van der Waals surface area contributed by atoms with Gasteiger partial charge in [-0.3, -0.25) is 0 Å². The van der Waals surface area contributed by atoms with E-state index in [9.17, 15) is 0 Å². The molecule has 0 radical (unpaired) electrons. The van der Waals surface area contributed by atoms with Gasteiger partial charge in [-0.2, -0.15) is 0 Å². The molecule has 4 nitrogen and oxygen atoms in total. The normalized spacial score (nSPS) is 17.9. The molecule has 1 aliphatic rings. The number of rotatable bonds is 6. The molecule has 1 aliphatic heterocycles. The van der Waals surface area contributed by atoms with Crippen molar-refractivity contribution in [3.8, 4) is 5.88 Å². The zero-order valence-corrected chi connectivity index (χ0v) is 11.5. The lowest BCUT2D eigenvalue weighted by atomic mass is 10.5. The summed E-state index contributed by atoms with van der Waals surface area (Å²) >= 11 is 1.77. The summed E-state index contributed by atoms with van der Waals surface area (Å²) in [6.45, 7) is 2.64. The molecule has 1 aromatic rings. The molecule has 0 fully saturated rings. The highest BCUT2D eigenvalue weighted by atomic mass is 32.2. The number of thioether (sulfide) groups is 1. The molecule has 0 aliphatic carbocycles. The van der Waals surface area contributed by atoms with Crippen LogP contribution in [0.1, 0.15) is 13.3 Å².